The average molecular weight is 412 g/mol. The molecular weight excluding hydrogens is 396 g/mol. The van der Waals surface area contributed by atoms with Gasteiger partial charge in [-0.05, 0) is 12.5 Å². The topological polar surface area (TPSA) is 119 Å². The third-order valence-electron chi connectivity index (χ3n) is 3.66. The molecule has 1 amide bonds. The van der Waals surface area contributed by atoms with Crippen molar-refractivity contribution >= 4 is 51.9 Å². The molecule has 27 heavy (non-hydrogen) atoms. The number of carbonyl (C=O) groups excluding carboxylic acids is 1. The molecule has 9 nitrogen and oxygen atoms in total. The van der Waals surface area contributed by atoms with Crippen molar-refractivity contribution in [2.24, 2.45) is 0 Å². The summed E-state index contributed by atoms with van der Waals surface area (Å²) in [5.74, 6) is -0.994. The predicted octanol–water partition coefficient (Wildman–Crippen LogP) is 2.68. The van der Waals surface area contributed by atoms with Crippen LogP contribution in [0.2, 0.25) is 0 Å². The molecule has 1 aromatic rings. The number of amides is 1. The van der Waals surface area contributed by atoms with Gasteiger partial charge >= 0.3 is 11.7 Å². The Hall–Kier alpha value is -2.66. The van der Waals surface area contributed by atoms with Crippen LogP contribution >= 0.6 is 24.0 Å². The molecule has 0 radical (unpaired) electrons. The minimum Gasteiger partial charge on any atom is -0.496 e. The van der Waals surface area contributed by atoms with Crippen LogP contribution in [0, 0.1) is 10.1 Å². The van der Waals surface area contributed by atoms with Crippen LogP contribution in [0.3, 0.4) is 0 Å². The van der Waals surface area contributed by atoms with Crippen LogP contribution in [0.4, 0.5) is 5.69 Å². The van der Waals surface area contributed by atoms with E-state index < -0.39 is 10.9 Å². The fourth-order valence-electron chi connectivity index (χ4n) is 2.38. The van der Waals surface area contributed by atoms with Gasteiger partial charge in [0, 0.05) is 30.7 Å². The Morgan fingerprint density at radius 2 is 2.04 bits per heavy atom. The zero-order valence-corrected chi connectivity index (χ0v) is 16.1. The van der Waals surface area contributed by atoms with E-state index in [-0.39, 0.29) is 41.6 Å². The van der Waals surface area contributed by atoms with Crippen LogP contribution in [0.5, 0.6) is 11.5 Å². The summed E-state index contributed by atoms with van der Waals surface area (Å²) in [6.45, 7) is 0.189. The van der Waals surface area contributed by atoms with Gasteiger partial charge in [-0.15, -0.1) is 0 Å². The molecule has 1 fully saturated rings. The lowest BCUT2D eigenvalue weighted by molar-refractivity contribution is -0.385. The standard InChI is InChI=1S/C16H16N2O7S2/c1-24-11-8-12(25-2)10(18(22)23)6-9(11)7-13-15(21)17(16(26)27-13)5-3-4-14(19)20/h6-8H,3-5H2,1-2H3,(H,19,20). The second kappa shape index (κ2) is 8.82. The summed E-state index contributed by atoms with van der Waals surface area (Å²) in [6.07, 6.45) is 1.66. The SMILES string of the molecule is COc1cc(OC)c([N+](=O)[O-])cc1C=C1SC(=S)N(CCCC(=O)O)C1=O. The third-order valence-corrected chi connectivity index (χ3v) is 5.04. The van der Waals surface area contributed by atoms with Crippen LogP contribution in [-0.2, 0) is 9.59 Å². The first-order chi connectivity index (χ1) is 12.8. The summed E-state index contributed by atoms with van der Waals surface area (Å²) in [6, 6.07) is 2.63. The first kappa shape index (κ1) is 20.6. The van der Waals surface area contributed by atoms with Crippen molar-refractivity contribution < 1.29 is 29.1 Å². The second-order valence-electron chi connectivity index (χ2n) is 5.35. The fourth-order valence-corrected chi connectivity index (χ4v) is 3.68. The smallest absolute Gasteiger partial charge is 0.311 e. The molecule has 2 rings (SSSR count). The maximum Gasteiger partial charge on any atom is 0.311 e. The summed E-state index contributed by atoms with van der Waals surface area (Å²) in [5, 5.41) is 19.9. The van der Waals surface area contributed by atoms with E-state index in [1.807, 2.05) is 0 Å². The van der Waals surface area contributed by atoms with Gasteiger partial charge in [-0.25, -0.2) is 0 Å². The molecule has 1 saturated heterocycles. The number of carboxylic acids is 1. The fraction of sp³-hybridized carbons (Fsp3) is 0.312. The van der Waals surface area contributed by atoms with E-state index in [9.17, 15) is 19.7 Å². The Morgan fingerprint density at radius 1 is 1.37 bits per heavy atom. The Bertz CT molecular complexity index is 838. The highest BCUT2D eigenvalue weighted by Gasteiger charge is 2.32. The number of aliphatic carboxylic acids is 1. The van der Waals surface area contributed by atoms with E-state index in [4.69, 9.17) is 26.8 Å². The Morgan fingerprint density at radius 3 is 2.59 bits per heavy atom. The Labute approximate surface area is 164 Å². The van der Waals surface area contributed by atoms with Gasteiger partial charge in [-0.2, -0.15) is 0 Å². The van der Waals surface area contributed by atoms with Crippen LogP contribution in [0.1, 0.15) is 18.4 Å². The van der Waals surface area contributed by atoms with E-state index in [0.29, 0.717) is 15.6 Å². The number of hydrogen-bond acceptors (Lipinski definition) is 8. The number of carboxylic acid groups (broad SMARTS) is 1. The maximum absolute atomic E-state index is 12.5. The van der Waals surface area contributed by atoms with Crippen molar-refractivity contribution in [2.45, 2.75) is 12.8 Å². The van der Waals surface area contributed by atoms with E-state index in [0.717, 1.165) is 11.8 Å². The zero-order valence-electron chi connectivity index (χ0n) is 14.5. The molecule has 1 heterocycles. The number of thioether (sulfide) groups is 1. The number of thiocarbonyl (C=S) groups is 1. The first-order valence-corrected chi connectivity index (χ1v) is 8.88. The number of hydrogen-bond donors (Lipinski definition) is 1. The summed E-state index contributed by atoms with van der Waals surface area (Å²) < 4.78 is 10.5. The molecule has 0 aromatic heterocycles. The highest BCUT2D eigenvalue weighted by atomic mass is 32.2. The quantitative estimate of drug-likeness (QED) is 0.297. The van der Waals surface area contributed by atoms with Crippen molar-refractivity contribution in [2.75, 3.05) is 20.8 Å². The van der Waals surface area contributed by atoms with Gasteiger partial charge < -0.3 is 14.6 Å². The monoisotopic (exact) mass is 412 g/mol. The lowest BCUT2D eigenvalue weighted by atomic mass is 10.1. The molecule has 144 valence electrons. The highest BCUT2D eigenvalue weighted by Crippen LogP contribution is 2.38. The Balaban J connectivity index is 2.33. The van der Waals surface area contributed by atoms with Crippen molar-refractivity contribution in [3.63, 3.8) is 0 Å². The van der Waals surface area contributed by atoms with Crippen molar-refractivity contribution in [3.05, 3.63) is 32.7 Å². The molecule has 1 N–H and O–H groups in total. The number of nitro benzene ring substituents is 1. The minimum atomic E-state index is -0.953. The third kappa shape index (κ3) is 4.74. The van der Waals surface area contributed by atoms with Gasteiger partial charge in [0.1, 0.15) is 10.1 Å². The molecule has 0 bridgehead atoms. The molecule has 0 saturated carbocycles. The largest absolute Gasteiger partial charge is 0.496 e. The molecule has 0 aliphatic carbocycles. The molecule has 0 spiro atoms. The van der Waals surface area contributed by atoms with Gasteiger partial charge in [0.25, 0.3) is 5.91 Å². The van der Waals surface area contributed by atoms with E-state index in [2.05, 4.69) is 0 Å². The second-order valence-corrected chi connectivity index (χ2v) is 7.03. The van der Waals surface area contributed by atoms with Gasteiger partial charge in [0.2, 0.25) is 5.75 Å². The summed E-state index contributed by atoms with van der Waals surface area (Å²) >= 11 is 6.22. The first-order valence-electron chi connectivity index (χ1n) is 7.66. The lowest BCUT2D eigenvalue weighted by Crippen LogP contribution is -2.29. The van der Waals surface area contributed by atoms with Gasteiger partial charge in [0.05, 0.1) is 24.0 Å². The number of methoxy groups -OCH3 is 2. The number of benzene rings is 1. The van der Waals surface area contributed by atoms with Crippen molar-refractivity contribution in [1.82, 2.24) is 4.90 Å². The van der Waals surface area contributed by atoms with Crippen molar-refractivity contribution in [3.8, 4) is 11.5 Å². The Kier molecular flexibility index (Phi) is 6.75. The molecule has 11 heteroatoms. The summed E-state index contributed by atoms with van der Waals surface area (Å²) in [4.78, 5) is 35.4. The lowest BCUT2D eigenvalue weighted by Gasteiger charge is -2.13. The predicted molar refractivity (Wildman–Crippen MR) is 103 cm³/mol. The van der Waals surface area contributed by atoms with Gasteiger partial charge in [-0.3, -0.25) is 24.6 Å². The van der Waals surface area contributed by atoms with Crippen LogP contribution in [-0.4, -0.2) is 51.9 Å². The molecule has 1 aliphatic heterocycles. The number of rotatable bonds is 8. The number of nitro groups is 1. The molecular formula is C16H16N2O7S2. The van der Waals surface area contributed by atoms with Crippen LogP contribution < -0.4 is 9.47 Å². The van der Waals surface area contributed by atoms with Crippen LogP contribution in [0.25, 0.3) is 6.08 Å². The van der Waals surface area contributed by atoms with Gasteiger partial charge in [-0.1, -0.05) is 24.0 Å². The number of carbonyl (C=O) groups is 2. The maximum atomic E-state index is 12.5. The normalized spacial score (nSPS) is 15.3. The minimum absolute atomic E-state index is 0.0372. The number of nitrogens with zero attached hydrogens (tertiary/aromatic N) is 2. The van der Waals surface area contributed by atoms with E-state index >= 15 is 0 Å². The zero-order chi connectivity index (χ0) is 20.1. The molecule has 0 unspecified atom stereocenters. The summed E-state index contributed by atoms with van der Waals surface area (Å²) in [5.41, 5.74) is 0.0672. The van der Waals surface area contributed by atoms with Crippen LogP contribution in [0.15, 0.2) is 17.0 Å². The highest BCUT2D eigenvalue weighted by molar-refractivity contribution is 8.26. The van der Waals surface area contributed by atoms with E-state index in [1.165, 1.54) is 37.3 Å². The number of ether oxygens (including phenoxy) is 2. The molecule has 1 aromatic carbocycles. The van der Waals surface area contributed by atoms with Gasteiger partial charge in [0.15, 0.2) is 0 Å². The van der Waals surface area contributed by atoms with E-state index in [1.54, 1.807) is 0 Å². The molecule has 1 aliphatic rings. The summed E-state index contributed by atoms with van der Waals surface area (Å²) in [7, 11) is 2.71. The molecule has 0 atom stereocenters. The van der Waals surface area contributed by atoms with Crippen molar-refractivity contribution in [1.29, 1.82) is 0 Å². The average Bonchev–Trinajstić information content (AvgIpc) is 2.88.